The first-order valence-electron chi connectivity index (χ1n) is 4.39. The van der Waals surface area contributed by atoms with E-state index in [4.69, 9.17) is 11.5 Å². The largest absolute Gasteiger partial charge is 0.465 e. The second-order valence-electron chi connectivity index (χ2n) is 2.56. The molecule has 2 unspecified atom stereocenters. The van der Waals surface area contributed by atoms with E-state index in [0.717, 1.165) is 0 Å². The van der Waals surface area contributed by atoms with Crippen LogP contribution in [0.3, 0.4) is 0 Å². The highest BCUT2D eigenvalue weighted by Gasteiger charge is 2.29. The van der Waals surface area contributed by atoms with E-state index >= 15 is 0 Å². The number of esters is 2. The second kappa shape index (κ2) is 6.33. The van der Waals surface area contributed by atoms with Crippen molar-refractivity contribution in [3.8, 4) is 0 Å². The fourth-order valence-corrected chi connectivity index (χ4v) is 0.770. The molecule has 82 valence electrons. The number of rotatable bonds is 5. The first kappa shape index (κ1) is 12.9. The van der Waals surface area contributed by atoms with E-state index in [1.807, 2.05) is 0 Å². The first-order chi connectivity index (χ1) is 6.54. The number of nitrogens with two attached hydrogens (primary N) is 2. The van der Waals surface area contributed by atoms with Gasteiger partial charge in [0, 0.05) is 0 Å². The maximum absolute atomic E-state index is 11.1. The smallest absolute Gasteiger partial charge is 0.325 e. The molecule has 0 heterocycles. The van der Waals surface area contributed by atoms with Gasteiger partial charge in [-0.05, 0) is 13.8 Å². The summed E-state index contributed by atoms with van der Waals surface area (Å²) in [5.41, 5.74) is 10.8. The third kappa shape index (κ3) is 3.71. The van der Waals surface area contributed by atoms with Gasteiger partial charge in [0.25, 0.3) is 0 Å². The van der Waals surface area contributed by atoms with E-state index < -0.39 is 24.0 Å². The van der Waals surface area contributed by atoms with Gasteiger partial charge in [-0.2, -0.15) is 0 Å². The molecule has 0 spiro atoms. The van der Waals surface area contributed by atoms with Gasteiger partial charge in [-0.15, -0.1) is 0 Å². The molecule has 6 heteroatoms. The van der Waals surface area contributed by atoms with Gasteiger partial charge in [-0.1, -0.05) is 0 Å². The average molecular weight is 204 g/mol. The fraction of sp³-hybridized carbons (Fsp3) is 0.750. The normalized spacial score (nSPS) is 14.3. The van der Waals surface area contributed by atoms with Crippen LogP contribution in [0.25, 0.3) is 0 Å². The van der Waals surface area contributed by atoms with E-state index in [1.54, 1.807) is 13.8 Å². The zero-order valence-electron chi connectivity index (χ0n) is 8.36. The predicted molar refractivity (Wildman–Crippen MR) is 49.2 cm³/mol. The molecule has 0 aliphatic carbocycles. The molecule has 0 rings (SSSR count). The summed E-state index contributed by atoms with van der Waals surface area (Å²) < 4.78 is 9.20. The highest BCUT2D eigenvalue weighted by Crippen LogP contribution is 1.94. The van der Waals surface area contributed by atoms with Crippen LogP contribution < -0.4 is 11.5 Å². The predicted octanol–water partition coefficient (Wildman–Crippen LogP) is -1.23. The zero-order chi connectivity index (χ0) is 11.1. The van der Waals surface area contributed by atoms with E-state index in [1.165, 1.54) is 0 Å². The standard InChI is InChI=1S/C8H16N2O4/c1-3-13-7(11)5(9)6(10)8(12)14-4-2/h5-6H,3-4,9-10H2,1-2H3. The molecule has 0 aromatic heterocycles. The average Bonchev–Trinajstić information content (AvgIpc) is 2.16. The molecule has 0 fully saturated rings. The van der Waals surface area contributed by atoms with Gasteiger partial charge in [-0.25, -0.2) is 0 Å². The van der Waals surface area contributed by atoms with Gasteiger partial charge in [0.1, 0.15) is 12.1 Å². The first-order valence-corrected chi connectivity index (χ1v) is 4.39. The number of carbonyl (C=O) groups is 2. The van der Waals surface area contributed by atoms with Crippen molar-refractivity contribution in [2.24, 2.45) is 11.5 Å². The number of hydrogen-bond acceptors (Lipinski definition) is 6. The van der Waals surface area contributed by atoms with Gasteiger partial charge >= 0.3 is 11.9 Å². The minimum Gasteiger partial charge on any atom is -0.465 e. The molecule has 0 aromatic rings. The number of ether oxygens (including phenoxy) is 2. The Kier molecular flexibility index (Phi) is 5.82. The molecular formula is C8H16N2O4. The van der Waals surface area contributed by atoms with Crippen molar-refractivity contribution in [2.75, 3.05) is 13.2 Å². The van der Waals surface area contributed by atoms with Crippen molar-refractivity contribution in [3.05, 3.63) is 0 Å². The Labute approximate surface area is 82.5 Å². The minimum absolute atomic E-state index is 0.197. The van der Waals surface area contributed by atoms with Crippen LogP contribution >= 0.6 is 0 Å². The minimum atomic E-state index is -1.17. The Morgan fingerprint density at radius 2 is 1.29 bits per heavy atom. The van der Waals surface area contributed by atoms with Crippen LogP contribution in [0.4, 0.5) is 0 Å². The Balaban J connectivity index is 4.16. The van der Waals surface area contributed by atoms with Gasteiger partial charge < -0.3 is 20.9 Å². The van der Waals surface area contributed by atoms with Crippen LogP contribution in [0.2, 0.25) is 0 Å². The summed E-state index contributed by atoms with van der Waals surface area (Å²) >= 11 is 0. The van der Waals surface area contributed by atoms with Gasteiger partial charge in [-0.3, -0.25) is 9.59 Å². The number of hydrogen-bond donors (Lipinski definition) is 2. The summed E-state index contributed by atoms with van der Waals surface area (Å²) in [5.74, 6) is -1.40. The van der Waals surface area contributed by atoms with Crippen molar-refractivity contribution < 1.29 is 19.1 Å². The Morgan fingerprint density at radius 3 is 1.50 bits per heavy atom. The lowest BCUT2D eigenvalue weighted by molar-refractivity contribution is -0.152. The van der Waals surface area contributed by atoms with E-state index in [0.29, 0.717) is 0 Å². The number of carbonyl (C=O) groups excluding carboxylic acids is 2. The van der Waals surface area contributed by atoms with Gasteiger partial charge in [0.05, 0.1) is 13.2 Å². The lowest BCUT2D eigenvalue weighted by Crippen LogP contribution is -2.52. The fourth-order valence-electron chi connectivity index (χ4n) is 0.770. The lowest BCUT2D eigenvalue weighted by atomic mass is 10.1. The molecule has 6 nitrogen and oxygen atoms in total. The van der Waals surface area contributed by atoms with Gasteiger partial charge in [0.15, 0.2) is 0 Å². The van der Waals surface area contributed by atoms with Gasteiger partial charge in [0.2, 0.25) is 0 Å². The van der Waals surface area contributed by atoms with Crippen molar-refractivity contribution >= 4 is 11.9 Å². The lowest BCUT2D eigenvalue weighted by Gasteiger charge is -2.16. The maximum atomic E-state index is 11.1. The molecule has 0 radical (unpaired) electrons. The monoisotopic (exact) mass is 204 g/mol. The van der Waals surface area contributed by atoms with E-state index in [9.17, 15) is 9.59 Å². The topological polar surface area (TPSA) is 105 Å². The molecule has 0 saturated carbocycles. The third-order valence-electron chi connectivity index (χ3n) is 1.50. The van der Waals surface area contributed by atoms with Crippen LogP contribution in [0.5, 0.6) is 0 Å². The van der Waals surface area contributed by atoms with Crippen LogP contribution in [-0.2, 0) is 19.1 Å². The summed E-state index contributed by atoms with van der Waals surface area (Å²) in [6.07, 6.45) is 0. The molecule has 0 amide bonds. The zero-order valence-corrected chi connectivity index (χ0v) is 8.36. The van der Waals surface area contributed by atoms with Crippen LogP contribution in [-0.4, -0.2) is 37.2 Å². The molecule has 14 heavy (non-hydrogen) atoms. The van der Waals surface area contributed by atoms with Crippen molar-refractivity contribution in [1.29, 1.82) is 0 Å². The SMILES string of the molecule is CCOC(=O)C(N)C(N)C(=O)OCC. The molecule has 0 aliphatic rings. The maximum Gasteiger partial charge on any atom is 0.325 e. The highest BCUT2D eigenvalue weighted by molar-refractivity contribution is 5.86. The summed E-state index contributed by atoms with van der Waals surface area (Å²) in [6, 6.07) is -2.34. The van der Waals surface area contributed by atoms with Crippen molar-refractivity contribution in [2.45, 2.75) is 25.9 Å². The molecule has 0 aromatic carbocycles. The van der Waals surface area contributed by atoms with E-state index in [2.05, 4.69) is 9.47 Å². The second-order valence-corrected chi connectivity index (χ2v) is 2.56. The molecule has 2 atom stereocenters. The molecule has 0 saturated heterocycles. The summed E-state index contributed by atoms with van der Waals surface area (Å²) in [6.45, 7) is 3.67. The summed E-state index contributed by atoms with van der Waals surface area (Å²) in [7, 11) is 0. The van der Waals surface area contributed by atoms with Crippen LogP contribution in [0.1, 0.15) is 13.8 Å². The quantitative estimate of drug-likeness (QED) is 0.543. The van der Waals surface area contributed by atoms with E-state index in [-0.39, 0.29) is 13.2 Å². The summed E-state index contributed by atoms with van der Waals surface area (Å²) in [4.78, 5) is 22.1. The highest BCUT2D eigenvalue weighted by atomic mass is 16.5. The molecule has 4 N–H and O–H groups in total. The van der Waals surface area contributed by atoms with Crippen molar-refractivity contribution in [3.63, 3.8) is 0 Å². The Bertz CT molecular complexity index is 186. The Morgan fingerprint density at radius 1 is 1.00 bits per heavy atom. The molecule has 0 bridgehead atoms. The third-order valence-corrected chi connectivity index (χ3v) is 1.50. The Hall–Kier alpha value is -1.14. The molecular weight excluding hydrogens is 188 g/mol. The van der Waals surface area contributed by atoms with Crippen molar-refractivity contribution in [1.82, 2.24) is 0 Å². The molecule has 0 aliphatic heterocycles. The summed E-state index contributed by atoms with van der Waals surface area (Å²) in [5, 5.41) is 0. The van der Waals surface area contributed by atoms with Crippen LogP contribution in [0, 0.1) is 0 Å². The van der Waals surface area contributed by atoms with Crippen LogP contribution in [0.15, 0.2) is 0 Å².